The number of fused-ring (bicyclic) bond motifs is 1. The molecule has 146 valence electrons. The Bertz CT molecular complexity index is 1030. The summed E-state index contributed by atoms with van der Waals surface area (Å²) >= 11 is 3.37. The molecule has 0 aliphatic carbocycles. The third-order valence-corrected chi connectivity index (χ3v) is 5.12. The van der Waals surface area contributed by atoms with Crippen molar-refractivity contribution in [3.8, 4) is 5.75 Å². The molecule has 3 rings (SSSR count). The van der Waals surface area contributed by atoms with Gasteiger partial charge in [-0.1, -0.05) is 35.0 Å². The van der Waals surface area contributed by atoms with Gasteiger partial charge in [-0.3, -0.25) is 14.2 Å². The first-order valence-corrected chi connectivity index (χ1v) is 9.89. The number of benzene rings is 2. The number of hydrogen-bond acceptors (Lipinski definition) is 4. The van der Waals surface area contributed by atoms with Gasteiger partial charge in [0.15, 0.2) is 0 Å². The molecular weight excluding hydrogens is 422 g/mol. The topological polar surface area (TPSA) is 73.2 Å². The largest absolute Gasteiger partial charge is 0.497 e. The molecule has 6 nitrogen and oxygen atoms in total. The molecule has 0 radical (unpaired) electrons. The molecule has 1 aromatic heterocycles. The fraction of sp³-hybridized carbons (Fsp3) is 0.286. The van der Waals surface area contributed by atoms with Gasteiger partial charge >= 0.3 is 0 Å². The van der Waals surface area contributed by atoms with Gasteiger partial charge in [0.25, 0.3) is 5.56 Å². The van der Waals surface area contributed by atoms with Gasteiger partial charge in [-0.15, -0.1) is 0 Å². The maximum absolute atomic E-state index is 12.6. The maximum atomic E-state index is 12.6. The van der Waals surface area contributed by atoms with Gasteiger partial charge in [0.1, 0.15) is 5.75 Å². The Morgan fingerprint density at radius 2 is 2.00 bits per heavy atom. The Kier molecular flexibility index (Phi) is 6.46. The van der Waals surface area contributed by atoms with E-state index in [2.05, 4.69) is 26.2 Å². The zero-order valence-electron chi connectivity index (χ0n) is 15.8. The summed E-state index contributed by atoms with van der Waals surface area (Å²) in [5, 5.41) is 3.56. The second-order valence-corrected chi connectivity index (χ2v) is 7.37. The Morgan fingerprint density at radius 3 is 2.68 bits per heavy atom. The van der Waals surface area contributed by atoms with E-state index in [0.29, 0.717) is 10.9 Å². The highest BCUT2D eigenvalue weighted by molar-refractivity contribution is 9.10. The highest BCUT2D eigenvalue weighted by Crippen LogP contribution is 2.20. The number of carbonyl (C=O) groups is 1. The lowest BCUT2D eigenvalue weighted by atomic mass is 10.0. The number of aromatic nitrogens is 2. The molecule has 1 heterocycles. The molecule has 0 bridgehead atoms. The number of aryl methyl sites for hydroxylation is 1. The highest BCUT2D eigenvalue weighted by atomic mass is 79.9. The van der Waals surface area contributed by atoms with E-state index in [1.54, 1.807) is 19.2 Å². The Morgan fingerprint density at radius 1 is 1.25 bits per heavy atom. The molecule has 0 aliphatic heterocycles. The fourth-order valence-corrected chi connectivity index (χ4v) is 3.40. The first-order valence-electron chi connectivity index (χ1n) is 9.10. The van der Waals surface area contributed by atoms with Gasteiger partial charge in [0.2, 0.25) is 5.91 Å². The summed E-state index contributed by atoms with van der Waals surface area (Å²) in [5.41, 5.74) is 1.51. The predicted molar refractivity (Wildman–Crippen MR) is 112 cm³/mol. The summed E-state index contributed by atoms with van der Waals surface area (Å²) in [6, 6.07) is 12.9. The molecule has 0 saturated carbocycles. The van der Waals surface area contributed by atoms with Crippen molar-refractivity contribution in [3.63, 3.8) is 0 Å². The number of ether oxygens (including phenoxy) is 1. The van der Waals surface area contributed by atoms with E-state index in [0.717, 1.165) is 22.2 Å². The monoisotopic (exact) mass is 443 g/mol. The first kappa shape index (κ1) is 20.1. The SMILES string of the molecule is CCC(NC(=O)CCn1cnc2ccc(Br)cc2c1=O)c1ccc(OC)cc1. The molecule has 0 spiro atoms. The molecule has 28 heavy (non-hydrogen) atoms. The van der Waals surface area contributed by atoms with Gasteiger partial charge < -0.3 is 10.1 Å². The van der Waals surface area contributed by atoms with Crippen LogP contribution >= 0.6 is 15.9 Å². The Hall–Kier alpha value is -2.67. The molecular formula is C21H22BrN3O3. The molecule has 7 heteroatoms. The summed E-state index contributed by atoms with van der Waals surface area (Å²) in [6.45, 7) is 2.30. The average molecular weight is 444 g/mol. The minimum atomic E-state index is -0.152. The van der Waals surface area contributed by atoms with Crippen molar-refractivity contribution >= 4 is 32.7 Å². The number of halogens is 1. The van der Waals surface area contributed by atoms with Crippen molar-refractivity contribution in [1.82, 2.24) is 14.9 Å². The number of hydrogen-bond donors (Lipinski definition) is 1. The minimum Gasteiger partial charge on any atom is -0.497 e. The summed E-state index contributed by atoms with van der Waals surface area (Å²) in [5.74, 6) is 0.670. The number of carbonyl (C=O) groups excluding carboxylic acids is 1. The van der Waals surface area contributed by atoms with Crippen LogP contribution in [-0.2, 0) is 11.3 Å². The lowest BCUT2D eigenvalue weighted by Gasteiger charge is -2.18. The van der Waals surface area contributed by atoms with E-state index in [9.17, 15) is 9.59 Å². The van der Waals surface area contributed by atoms with Crippen molar-refractivity contribution in [2.24, 2.45) is 0 Å². The minimum absolute atomic E-state index is 0.0826. The van der Waals surface area contributed by atoms with Crippen LogP contribution in [0.15, 0.2) is 58.1 Å². The highest BCUT2D eigenvalue weighted by Gasteiger charge is 2.13. The molecule has 3 aromatic rings. The second kappa shape index (κ2) is 9.01. The van der Waals surface area contributed by atoms with Crippen LogP contribution in [-0.4, -0.2) is 22.6 Å². The van der Waals surface area contributed by atoms with Crippen LogP contribution in [0.5, 0.6) is 5.75 Å². The van der Waals surface area contributed by atoms with Gasteiger partial charge in [0.05, 0.1) is 30.4 Å². The van der Waals surface area contributed by atoms with Gasteiger partial charge in [-0.2, -0.15) is 0 Å². The van der Waals surface area contributed by atoms with E-state index in [1.807, 2.05) is 37.3 Å². The smallest absolute Gasteiger partial charge is 0.261 e. The summed E-state index contributed by atoms with van der Waals surface area (Å²) in [7, 11) is 1.62. The quantitative estimate of drug-likeness (QED) is 0.602. The summed E-state index contributed by atoms with van der Waals surface area (Å²) in [4.78, 5) is 29.3. The Labute approximate surface area is 171 Å². The van der Waals surface area contributed by atoms with E-state index >= 15 is 0 Å². The van der Waals surface area contributed by atoms with Crippen molar-refractivity contribution in [2.75, 3.05) is 7.11 Å². The van der Waals surface area contributed by atoms with Crippen molar-refractivity contribution < 1.29 is 9.53 Å². The van der Waals surface area contributed by atoms with E-state index < -0.39 is 0 Å². The van der Waals surface area contributed by atoms with E-state index in [-0.39, 0.29) is 30.5 Å². The normalized spacial score (nSPS) is 12.0. The molecule has 0 fully saturated rings. The fourth-order valence-electron chi connectivity index (χ4n) is 3.04. The third kappa shape index (κ3) is 4.59. The molecule has 2 aromatic carbocycles. The van der Waals surface area contributed by atoms with Crippen molar-refractivity contribution in [3.05, 3.63) is 69.2 Å². The lowest BCUT2D eigenvalue weighted by molar-refractivity contribution is -0.122. The van der Waals surface area contributed by atoms with E-state index in [4.69, 9.17) is 4.74 Å². The molecule has 1 amide bonds. The lowest BCUT2D eigenvalue weighted by Crippen LogP contribution is -2.30. The van der Waals surface area contributed by atoms with Crippen molar-refractivity contribution in [1.29, 1.82) is 0 Å². The zero-order valence-corrected chi connectivity index (χ0v) is 17.4. The second-order valence-electron chi connectivity index (χ2n) is 6.46. The molecule has 1 N–H and O–H groups in total. The van der Waals surface area contributed by atoms with Crippen LogP contribution in [0.3, 0.4) is 0 Å². The zero-order chi connectivity index (χ0) is 20.1. The number of nitrogens with zero attached hydrogens (tertiary/aromatic N) is 2. The van der Waals surface area contributed by atoms with E-state index in [1.165, 1.54) is 10.9 Å². The number of amides is 1. The first-order chi connectivity index (χ1) is 13.5. The van der Waals surface area contributed by atoms with Gasteiger partial charge in [-0.25, -0.2) is 4.98 Å². The average Bonchev–Trinajstić information content (AvgIpc) is 2.72. The van der Waals surface area contributed by atoms with Crippen LogP contribution in [0.2, 0.25) is 0 Å². The molecule has 0 aliphatic rings. The standard InChI is InChI=1S/C21H22BrN3O3/c1-3-18(14-4-7-16(28-2)8-5-14)24-20(26)10-11-25-13-23-19-9-6-15(22)12-17(19)21(25)27/h4-9,12-13,18H,3,10-11H2,1-2H3,(H,24,26). The number of nitrogens with one attached hydrogen (secondary N) is 1. The van der Waals surface area contributed by atoms with Gasteiger partial charge in [0, 0.05) is 17.4 Å². The van der Waals surface area contributed by atoms with Gasteiger partial charge in [-0.05, 0) is 42.3 Å². The van der Waals surface area contributed by atoms with Crippen LogP contribution in [0.25, 0.3) is 10.9 Å². The summed E-state index contributed by atoms with van der Waals surface area (Å²) < 4.78 is 7.47. The van der Waals surface area contributed by atoms with Crippen LogP contribution in [0.1, 0.15) is 31.4 Å². The van der Waals surface area contributed by atoms with Crippen LogP contribution in [0, 0.1) is 0 Å². The van der Waals surface area contributed by atoms with Crippen LogP contribution in [0.4, 0.5) is 0 Å². The Balaban J connectivity index is 1.66. The predicted octanol–water partition coefficient (Wildman–Crippen LogP) is 3.83. The molecule has 1 atom stereocenters. The maximum Gasteiger partial charge on any atom is 0.261 e. The van der Waals surface area contributed by atoms with Crippen LogP contribution < -0.4 is 15.6 Å². The summed E-state index contributed by atoms with van der Waals surface area (Å²) in [6.07, 6.45) is 2.46. The number of rotatable bonds is 7. The molecule has 0 saturated heterocycles. The van der Waals surface area contributed by atoms with Crippen molar-refractivity contribution in [2.45, 2.75) is 32.4 Å². The third-order valence-electron chi connectivity index (χ3n) is 4.63. The molecule has 1 unspecified atom stereocenters. The number of methoxy groups -OCH3 is 1.